The number of fused-ring (bicyclic) bond motifs is 4. The van der Waals surface area contributed by atoms with E-state index >= 15 is 0 Å². The van der Waals surface area contributed by atoms with Crippen molar-refractivity contribution in [1.29, 1.82) is 0 Å². The van der Waals surface area contributed by atoms with E-state index in [0.29, 0.717) is 0 Å². The van der Waals surface area contributed by atoms with Gasteiger partial charge in [0, 0.05) is 49.6 Å². The number of hydrogen-bond donors (Lipinski definition) is 2. The predicted octanol–water partition coefficient (Wildman–Crippen LogP) is 3.20. The third kappa shape index (κ3) is 2.69. The first kappa shape index (κ1) is 18.4. The van der Waals surface area contributed by atoms with Crippen LogP contribution in [-0.4, -0.2) is 54.3 Å². The molecular formula is C24H24FN5O. The molecule has 4 aliphatic heterocycles. The largest absolute Gasteiger partial charge is 0.375 e. The zero-order valence-corrected chi connectivity index (χ0v) is 17.6. The molecule has 2 N–H and O–H groups in total. The van der Waals surface area contributed by atoms with Crippen LogP contribution in [0.2, 0.25) is 0 Å². The average molecular weight is 417 g/mol. The van der Waals surface area contributed by atoms with Crippen molar-refractivity contribution in [3.63, 3.8) is 0 Å². The maximum absolute atomic E-state index is 14.5. The molecule has 1 saturated heterocycles. The lowest BCUT2D eigenvalue weighted by Crippen LogP contribution is -2.47. The second-order valence-electron chi connectivity index (χ2n) is 8.83. The molecule has 4 heterocycles. The number of halogens is 1. The van der Waals surface area contributed by atoms with E-state index in [2.05, 4.69) is 33.0 Å². The lowest BCUT2D eigenvalue weighted by atomic mass is 9.86. The lowest BCUT2D eigenvalue weighted by Gasteiger charge is -2.36. The van der Waals surface area contributed by atoms with E-state index < -0.39 is 0 Å². The van der Waals surface area contributed by atoms with Crippen molar-refractivity contribution >= 4 is 23.4 Å². The van der Waals surface area contributed by atoms with Gasteiger partial charge in [-0.05, 0) is 54.2 Å². The third-order valence-corrected chi connectivity index (χ3v) is 6.95. The minimum atomic E-state index is -0.243. The van der Waals surface area contributed by atoms with Crippen molar-refractivity contribution in [2.75, 3.05) is 20.6 Å². The smallest absolute Gasteiger partial charge is 0.317 e. The number of nitrogens with one attached hydrogen (secondary N) is 2. The molecule has 6 nitrogen and oxygen atoms in total. The van der Waals surface area contributed by atoms with Gasteiger partial charge in [-0.2, -0.15) is 5.10 Å². The van der Waals surface area contributed by atoms with Crippen molar-refractivity contribution in [2.45, 2.75) is 31.3 Å². The maximum Gasteiger partial charge on any atom is 0.317 e. The Kier molecular flexibility index (Phi) is 3.91. The third-order valence-electron chi connectivity index (χ3n) is 6.95. The SMILES string of the molecule is CNC(=O)N1[C@H]2CC[C@@H]1C=C(C1=C3NN=C4C=Cc5cc(F)cc(c54)C3=CN(C)C1)C2. The molecule has 5 aliphatic rings. The van der Waals surface area contributed by atoms with E-state index in [9.17, 15) is 9.18 Å². The van der Waals surface area contributed by atoms with Gasteiger partial charge in [0.25, 0.3) is 0 Å². The van der Waals surface area contributed by atoms with Crippen molar-refractivity contribution in [3.05, 3.63) is 69.8 Å². The summed E-state index contributed by atoms with van der Waals surface area (Å²) in [6.07, 6.45) is 11.0. The van der Waals surface area contributed by atoms with Gasteiger partial charge in [0.1, 0.15) is 5.82 Å². The van der Waals surface area contributed by atoms with E-state index in [-0.39, 0.29) is 23.9 Å². The molecular weight excluding hydrogens is 393 g/mol. The van der Waals surface area contributed by atoms with E-state index in [1.54, 1.807) is 19.2 Å². The summed E-state index contributed by atoms with van der Waals surface area (Å²) in [5.41, 5.74) is 11.2. The number of hydrogen-bond acceptors (Lipinski definition) is 4. The highest BCUT2D eigenvalue weighted by Crippen LogP contribution is 2.42. The van der Waals surface area contributed by atoms with Crippen LogP contribution in [0.1, 0.15) is 36.0 Å². The summed E-state index contributed by atoms with van der Waals surface area (Å²) in [6, 6.07) is 3.50. The first-order valence-corrected chi connectivity index (χ1v) is 10.8. The van der Waals surface area contributed by atoms with Gasteiger partial charge in [-0.3, -0.25) is 5.43 Å². The minimum absolute atomic E-state index is 0.00510. The molecule has 1 fully saturated rings. The Morgan fingerprint density at radius 3 is 2.97 bits per heavy atom. The molecule has 0 aromatic heterocycles. The summed E-state index contributed by atoms with van der Waals surface area (Å²) in [7, 11) is 3.73. The quantitative estimate of drug-likeness (QED) is 0.738. The molecule has 1 aromatic carbocycles. The fourth-order valence-electron chi connectivity index (χ4n) is 5.63. The molecule has 0 saturated carbocycles. The van der Waals surface area contributed by atoms with Crippen molar-refractivity contribution < 1.29 is 9.18 Å². The highest BCUT2D eigenvalue weighted by molar-refractivity contribution is 6.20. The summed E-state index contributed by atoms with van der Waals surface area (Å²) >= 11 is 0. The van der Waals surface area contributed by atoms with Gasteiger partial charge >= 0.3 is 6.03 Å². The van der Waals surface area contributed by atoms with E-state index in [1.807, 2.05) is 24.1 Å². The van der Waals surface area contributed by atoms with E-state index in [0.717, 1.165) is 59.5 Å². The molecule has 1 aromatic rings. The Morgan fingerprint density at radius 2 is 2.16 bits per heavy atom. The van der Waals surface area contributed by atoms with Crippen LogP contribution in [0.25, 0.3) is 11.6 Å². The second kappa shape index (κ2) is 6.57. The molecule has 2 bridgehead atoms. The zero-order chi connectivity index (χ0) is 21.3. The molecule has 0 spiro atoms. The van der Waals surface area contributed by atoms with Crippen LogP contribution in [0.15, 0.2) is 52.4 Å². The van der Waals surface area contributed by atoms with Gasteiger partial charge in [-0.1, -0.05) is 12.2 Å². The highest BCUT2D eigenvalue weighted by Gasteiger charge is 2.41. The molecule has 2 atom stereocenters. The molecule has 6 rings (SSSR count). The van der Waals surface area contributed by atoms with Crippen LogP contribution in [0.4, 0.5) is 9.18 Å². The van der Waals surface area contributed by atoms with Gasteiger partial charge in [-0.25, -0.2) is 9.18 Å². The molecule has 158 valence electrons. The van der Waals surface area contributed by atoms with Gasteiger partial charge < -0.3 is 15.1 Å². The summed E-state index contributed by atoms with van der Waals surface area (Å²) in [5.74, 6) is -0.243. The van der Waals surface area contributed by atoms with Crippen molar-refractivity contribution in [3.8, 4) is 0 Å². The lowest BCUT2D eigenvalue weighted by molar-refractivity contribution is 0.179. The Balaban J connectivity index is 1.48. The van der Waals surface area contributed by atoms with Gasteiger partial charge in [0.2, 0.25) is 0 Å². The number of hydrazone groups is 1. The second-order valence-corrected chi connectivity index (χ2v) is 8.83. The number of urea groups is 1. The van der Waals surface area contributed by atoms with Gasteiger partial charge in [0.15, 0.2) is 0 Å². The first-order valence-electron chi connectivity index (χ1n) is 10.8. The van der Waals surface area contributed by atoms with Gasteiger partial charge in [-0.15, -0.1) is 0 Å². The van der Waals surface area contributed by atoms with E-state index in [4.69, 9.17) is 0 Å². The van der Waals surface area contributed by atoms with E-state index in [1.165, 1.54) is 11.1 Å². The molecule has 0 radical (unpaired) electrons. The van der Waals surface area contributed by atoms with Crippen LogP contribution < -0.4 is 10.7 Å². The monoisotopic (exact) mass is 417 g/mol. The van der Waals surface area contributed by atoms with Crippen LogP contribution in [0.3, 0.4) is 0 Å². The van der Waals surface area contributed by atoms with Gasteiger partial charge in [0.05, 0.1) is 17.5 Å². The number of nitrogens with zero attached hydrogens (tertiary/aromatic N) is 3. The van der Waals surface area contributed by atoms with Crippen LogP contribution in [-0.2, 0) is 0 Å². The predicted molar refractivity (Wildman–Crippen MR) is 119 cm³/mol. The normalized spacial score (nSPS) is 25.3. The number of amides is 2. The fraction of sp³-hybridized carbons (Fsp3) is 0.333. The standard InChI is InChI=1S/C24H24FN5O/c1-26-24(31)30-16-4-5-17(30)9-14(8-16)19-11-29(2)12-20-18-10-15(25)7-13-3-6-21(22(13)18)27-28-23(19)20/h3,6-8,10,12,16-17,28H,4-5,9,11H2,1-2H3,(H,26,31)/t16-,17+/m1/s1. The first-order chi connectivity index (χ1) is 15.0. The number of likely N-dealkylation sites (N-methyl/N-ethyl adjacent to an activating group) is 1. The molecule has 7 heteroatoms. The van der Waals surface area contributed by atoms with Crippen molar-refractivity contribution in [2.24, 2.45) is 5.10 Å². The molecule has 2 amide bonds. The van der Waals surface area contributed by atoms with Crippen LogP contribution in [0, 0.1) is 5.82 Å². The summed E-state index contributed by atoms with van der Waals surface area (Å²) in [5, 5.41) is 7.45. The fourth-order valence-corrected chi connectivity index (χ4v) is 5.63. The number of carbonyl (C=O) groups excluding carboxylic acids is 1. The summed E-state index contributed by atoms with van der Waals surface area (Å²) in [6.45, 7) is 0.745. The molecule has 1 aliphatic carbocycles. The summed E-state index contributed by atoms with van der Waals surface area (Å²) in [4.78, 5) is 16.5. The zero-order valence-electron chi connectivity index (χ0n) is 17.6. The molecule has 31 heavy (non-hydrogen) atoms. The Morgan fingerprint density at radius 1 is 1.29 bits per heavy atom. The maximum atomic E-state index is 14.5. The minimum Gasteiger partial charge on any atom is -0.375 e. The number of benzene rings is 1. The Labute approximate surface area is 180 Å². The van der Waals surface area contributed by atoms with Crippen LogP contribution >= 0.6 is 0 Å². The topological polar surface area (TPSA) is 60.0 Å². The average Bonchev–Trinajstić information content (AvgIpc) is 3.22. The summed E-state index contributed by atoms with van der Waals surface area (Å²) < 4.78 is 14.5. The van der Waals surface area contributed by atoms with Crippen molar-refractivity contribution in [1.82, 2.24) is 20.5 Å². The highest BCUT2D eigenvalue weighted by atomic mass is 19.1. The Hall–Kier alpha value is -3.35. The molecule has 0 unspecified atom stereocenters. The number of allylic oxidation sites excluding steroid dienone is 2. The Bertz CT molecular complexity index is 1170. The number of rotatable bonds is 1. The van der Waals surface area contributed by atoms with Crippen LogP contribution in [0.5, 0.6) is 0 Å². The number of carbonyl (C=O) groups is 1.